The molecule has 2 rings (SSSR count). The van der Waals surface area contributed by atoms with Crippen molar-refractivity contribution in [3.63, 3.8) is 0 Å². The fraction of sp³-hybridized carbons (Fsp3) is 0.267. The molecule has 2 heteroatoms. The van der Waals surface area contributed by atoms with E-state index in [9.17, 15) is 4.79 Å². The van der Waals surface area contributed by atoms with Gasteiger partial charge in [0.2, 0.25) is 0 Å². The molecule has 1 aliphatic carbocycles. The normalized spacial score (nSPS) is 19.0. The Hall–Kier alpha value is -1.34. The number of hydrogen-bond donors (Lipinski definition) is 0. The highest BCUT2D eigenvalue weighted by molar-refractivity contribution is 6.31. The van der Waals surface area contributed by atoms with Crippen molar-refractivity contribution in [3.05, 3.63) is 68.4 Å². The molecule has 0 heterocycles. The molecule has 0 aromatic heterocycles. The van der Waals surface area contributed by atoms with Crippen LogP contribution in [0.25, 0.3) is 0 Å². The molecule has 0 aliphatic heterocycles. The van der Waals surface area contributed by atoms with Crippen molar-refractivity contribution in [2.24, 2.45) is 0 Å². The van der Waals surface area contributed by atoms with Gasteiger partial charge in [0, 0.05) is 11.0 Å². The molecule has 1 nitrogen and oxygen atoms in total. The maximum absolute atomic E-state index is 11.6. The van der Waals surface area contributed by atoms with E-state index in [1.807, 2.05) is 38.1 Å². The second kappa shape index (κ2) is 4.89. The lowest BCUT2D eigenvalue weighted by atomic mass is 9.90. The van der Waals surface area contributed by atoms with Crippen LogP contribution >= 0.6 is 11.6 Å². The van der Waals surface area contributed by atoms with Crippen LogP contribution in [0, 0.1) is 13.8 Å². The maximum Gasteiger partial charge on any atom is 0.181 e. The topological polar surface area (TPSA) is 17.1 Å². The molecule has 1 unspecified atom stereocenters. The standard InChI is InChI=1S/C15H15ClO/c1-10-3-8-15(17)11(2)9-14(10)12-4-6-13(16)7-5-12/h3-4,6-9,12H,5H2,1-2H3. The van der Waals surface area contributed by atoms with E-state index in [1.54, 1.807) is 6.07 Å². The smallest absolute Gasteiger partial charge is 0.181 e. The van der Waals surface area contributed by atoms with E-state index in [-0.39, 0.29) is 5.43 Å². The first kappa shape index (κ1) is 12.1. The SMILES string of the molecule is Cc1ccc(=O)c(C)cc1C1C=CC(Cl)=CC1. The summed E-state index contributed by atoms with van der Waals surface area (Å²) in [7, 11) is 0. The van der Waals surface area contributed by atoms with Gasteiger partial charge in [-0.25, -0.2) is 0 Å². The van der Waals surface area contributed by atoms with Crippen molar-refractivity contribution in [1.29, 1.82) is 0 Å². The van der Waals surface area contributed by atoms with Crippen molar-refractivity contribution in [3.8, 4) is 0 Å². The Bertz CT molecular complexity index is 555. The quantitative estimate of drug-likeness (QED) is 0.736. The number of rotatable bonds is 1. The lowest BCUT2D eigenvalue weighted by molar-refractivity contribution is 0.843. The highest BCUT2D eigenvalue weighted by atomic mass is 35.5. The summed E-state index contributed by atoms with van der Waals surface area (Å²) in [5.74, 6) is 0.322. The molecule has 17 heavy (non-hydrogen) atoms. The molecule has 0 bridgehead atoms. The van der Waals surface area contributed by atoms with Gasteiger partial charge in [-0.2, -0.15) is 0 Å². The Kier molecular flexibility index (Phi) is 3.49. The Balaban J connectivity index is 2.47. The Morgan fingerprint density at radius 3 is 2.65 bits per heavy atom. The van der Waals surface area contributed by atoms with Gasteiger partial charge >= 0.3 is 0 Å². The second-order valence-corrected chi connectivity index (χ2v) is 4.89. The molecule has 1 aromatic rings. The van der Waals surface area contributed by atoms with Gasteiger partial charge < -0.3 is 0 Å². The molecule has 0 radical (unpaired) electrons. The van der Waals surface area contributed by atoms with Crippen LogP contribution in [0.1, 0.15) is 29.0 Å². The van der Waals surface area contributed by atoms with Crippen LogP contribution in [0.15, 0.2) is 46.3 Å². The zero-order valence-corrected chi connectivity index (χ0v) is 10.8. The van der Waals surface area contributed by atoms with E-state index in [2.05, 4.69) is 6.08 Å². The Morgan fingerprint density at radius 1 is 1.24 bits per heavy atom. The summed E-state index contributed by atoms with van der Waals surface area (Å²) in [6.45, 7) is 3.91. The molecular formula is C15H15ClO. The molecule has 88 valence electrons. The predicted octanol–water partition coefficient (Wildman–Crippen LogP) is 3.83. The molecule has 1 aliphatic rings. The van der Waals surface area contributed by atoms with Crippen LogP contribution in [-0.2, 0) is 0 Å². The fourth-order valence-electron chi connectivity index (χ4n) is 2.07. The van der Waals surface area contributed by atoms with Gasteiger partial charge in [0.05, 0.1) is 0 Å². The van der Waals surface area contributed by atoms with E-state index in [1.165, 1.54) is 5.56 Å². The molecule has 0 saturated carbocycles. The molecule has 0 saturated heterocycles. The third-order valence-electron chi connectivity index (χ3n) is 3.15. The highest BCUT2D eigenvalue weighted by Gasteiger charge is 2.12. The van der Waals surface area contributed by atoms with Crippen LogP contribution in [0.3, 0.4) is 0 Å². The van der Waals surface area contributed by atoms with Crippen LogP contribution in [0.5, 0.6) is 0 Å². The van der Waals surface area contributed by atoms with Gasteiger partial charge in [0.25, 0.3) is 0 Å². The number of halogens is 1. The van der Waals surface area contributed by atoms with Crippen LogP contribution < -0.4 is 5.43 Å². The Labute approximate surface area is 106 Å². The average Bonchev–Trinajstić information content (AvgIpc) is 2.44. The molecule has 1 atom stereocenters. The third kappa shape index (κ3) is 2.67. The average molecular weight is 247 g/mol. The van der Waals surface area contributed by atoms with Gasteiger partial charge in [-0.3, -0.25) is 4.79 Å². The van der Waals surface area contributed by atoms with Crippen molar-refractivity contribution in [2.45, 2.75) is 26.2 Å². The minimum atomic E-state index is 0.0905. The van der Waals surface area contributed by atoms with Crippen LogP contribution in [0.4, 0.5) is 0 Å². The monoisotopic (exact) mass is 246 g/mol. The maximum atomic E-state index is 11.6. The summed E-state index contributed by atoms with van der Waals surface area (Å²) in [6, 6.07) is 5.54. The number of allylic oxidation sites excluding steroid dienone is 4. The van der Waals surface area contributed by atoms with Crippen molar-refractivity contribution in [1.82, 2.24) is 0 Å². The molecule has 0 spiro atoms. The van der Waals surface area contributed by atoms with E-state index < -0.39 is 0 Å². The van der Waals surface area contributed by atoms with Gasteiger partial charge in [-0.05, 0) is 49.1 Å². The molecular weight excluding hydrogens is 232 g/mol. The van der Waals surface area contributed by atoms with Crippen LogP contribution in [0.2, 0.25) is 0 Å². The number of aryl methyl sites for hydroxylation is 2. The van der Waals surface area contributed by atoms with Crippen molar-refractivity contribution in [2.75, 3.05) is 0 Å². The summed E-state index contributed by atoms with van der Waals surface area (Å²) in [5, 5.41) is 0.792. The first-order valence-electron chi connectivity index (χ1n) is 5.73. The van der Waals surface area contributed by atoms with E-state index >= 15 is 0 Å². The lowest BCUT2D eigenvalue weighted by Gasteiger charge is -2.15. The van der Waals surface area contributed by atoms with E-state index in [0.29, 0.717) is 5.92 Å². The Morgan fingerprint density at radius 2 is 2.00 bits per heavy atom. The minimum absolute atomic E-state index is 0.0905. The second-order valence-electron chi connectivity index (χ2n) is 4.45. The van der Waals surface area contributed by atoms with E-state index in [0.717, 1.165) is 22.6 Å². The van der Waals surface area contributed by atoms with Crippen molar-refractivity contribution < 1.29 is 0 Å². The zero-order chi connectivity index (χ0) is 12.4. The van der Waals surface area contributed by atoms with Gasteiger partial charge in [-0.15, -0.1) is 0 Å². The predicted molar refractivity (Wildman–Crippen MR) is 72.6 cm³/mol. The summed E-state index contributed by atoms with van der Waals surface area (Å²) in [5.41, 5.74) is 3.24. The van der Waals surface area contributed by atoms with Crippen molar-refractivity contribution >= 4 is 11.6 Å². The highest BCUT2D eigenvalue weighted by Crippen LogP contribution is 2.29. The van der Waals surface area contributed by atoms with E-state index in [4.69, 9.17) is 11.6 Å². The van der Waals surface area contributed by atoms with Gasteiger partial charge in [-0.1, -0.05) is 35.9 Å². The third-order valence-corrected chi connectivity index (χ3v) is 3.44. The zero-order valence-electron chi connectivity index (χ0n) is 10.0. The number of hydrogen-bond acceptors (Lipinski definition) is 1. The molecule has 0 amide bonds. The molecule has 0 N–H and O–H groups in total. The minimum Gasteiger partial charge on any atom is -0.290 e. The summed E-state index contributed by atoms with van der Waals surface area (Å²) < 4.78 is 0. The molecule has 0 fully saturated rings. The van der Waals surface area contributed by atoms with Crippen LogP contribution in [-0.4, -0.2) is 0 Å². The summed E-state index contributed by atoms with van der Waals surface area (Å²) in [6.07, 6.45) is 6.95. The van der Waals surface area contributed by atoms with Gasteiger partial charge in [0.1, 0.15) is 0 Å². The first-order valence-corrected chi connectivity index (χ1v) is 6.11. The van der Waals surface area contributed by atoms with Gasteiger partial charge in [0.15, 0.2) is 5.43 Å². The fourth-order valence-corrected chi connectivity index (χ4v) is 2.23. The first-order chi connectivity index (χ1) is 8.08. The lowest BCUT2D eigenvalue weighted by Crippen LogP contribution is -2.00. The summed E-state index contributed by atoms with van der Waals surface area (Å²) in [4.78, 5) is 11.6. The molecule has 1 aromatic carbocycles. The summed E-state index contributed by atoms with van der Waals surface area (Å²) >= 11 is 5.92. The largest absolute Gasteiger partial charge is 0.290 e.